The van der Waals surface area contributed by atoms with Crippen LogP contribution in [-0.2, 0) is 14.3 Å². The van der Waals surface area contributed by atoms with E-state index in [0.717, 1.165) is 81.2 Å². The third-order valence-electron chi connectivity index (χ3n) is 12.3. The summed E-state index contributed by atoms with van der Waals surface area (Å²) in [4.78, 5) is 15.0. The van der Waals surface area contributed by atoms with E-state index in [4.69, 9.17) is 9.47 Å². The molecule has 0 amide bonds. The highest BCUT2D eigenvalue weighted by molar-refractivity contribution is 5.69. The number of allylic oxidation sites excluding steroid dienone is 1. The number of carbonyl (C=O) groups excluding carboxylic acids is 1. The highest BCUT2D eigenvalue weighted by Gasteiger charge is 2.59. The minimum Gasteiger partial charge on any atom is -0.462 e. The highest BCUT2D eigenvalue weighted by Crippen LogP contribution is 2.67. The second kappa shape index (κ2) is 11.9. The fraction of sp³-hybridized carbons (Fsp3) is 0.912. The van der Waals surface area contributed by atoms with Crippen LogP contribution in [0.3, 0.4) is 0 Å². The Kier molecular flexibility index (Phi) is 9.00. The molecule has 1 saturated heterocycles. The fourth-order valence-electron chi connectivity index (χ4n) is 10.1. The van der Waals surface area contributed by atoms with E-state index in [1.807, 2.05) is 0 Å². The van der Waals surface area contributed by atoms with Gasteiger partial charge in [0.05, 0.1) is 19.6 Å². The molecule has 8 atom stereocenters. The average Bonchev–Trinajstić information content (AvgIpc) is 3.25. The molecule has 0 unspecified atom stereocenters. The summed E-state index contributed by atoms with van der Waals surface area (Å²) in [5.41, 5.74) is 2.49. The van der Waals surface area contributed by atoms with E-state index in [2.05, 4.69) is 45.6 Å². The Hall–Kier alpha value is -0.870. The summed E-state index contributed by atoms with van der Waals surface area (Å²) in [6.45, 7) is 16.8. The van der Waals surface area contributed by atoms with Crippen molar-refractivity contribution in [1.29, 1.82) is 0 Å². The fourth-order valence-corrected chi connectivity index (χ4v) is 10.1. The maximum Gasteiger partial charge on any atom is 0.307 e. The number of nitrogens with zero attached hydrogens (tertiary/aromatic N) is 1. The molecule has 0 aromatic rings. The van der Waals surface area contributed by atoms with Crippen molar-refractivity contribution in [2.75, 3.05) is 32.8 Å². The van der Waals surface area contributed by atoms with Crippen molar-refractivity contribution in [3.05, 3.63) is 11.6 Å². The normalized spacial score (nSPS) is 40.2. The number of fused-ring (bicyclic) bond motifs is 5. The summed E-state index contributed by atoms with van der Waals surface area (Å²) in [5, 5.41) is 0. The molecule has 4 fully saturated rings. The molecule has 0 aromatic heterocycles. The molecule has 4 heteroatoms. The van der Waals surface area contributed by atoms with E-state index >= 15 is 0 Å². The van der Waals surface area contributed by atoms with Gasteiger partial charge >= 0.3 is 5.97 Å². The first-order chi connectivity index (χ1) is 18.2. The number of ether oxygens (including phenoxy) is 2. The molecule has 4 nitrogen and oxygen atoms in total. The molecule has 4 aliphatic carbocycles. The summed E-state index contributed by atoms with van der Waals surface area (Å²) < 4.78 is 11.5. The lowest BCUT2D eigenvalue weighted by Gasteiger charge is -2.58. The molecular formula is C34H57NO3. The van der Waals surface area contributed by atoms with Crippen molar-refractivity contribution in [2.45, 2.75) is 118 Å². The molecule has 0 aromatic carbocycles. The van der Waals surface area contributed by atoms with E-state index in [1.54, 1.807) is 5.57 Å². The Morgan fingerprint density at radius 1 is 1.05 bits per heavy atom. The largest absolute Gasteiger partial charge is 0.462 e. The van der Waals surface area contributed by atoms with Crippen LogP contribution in [0.25, 0.3) is 0 Å². The maximum atomic E-state index is 12.7. The standard InChI is InChI=1S/C34H57NO3/c1-24(2)7-6-8-25(3)29-11-12-30-28-10-9-26-23-27(38-32(36)15-18-35-19-21-37-22-20-35)13-16-33(26,4)31(28)14-17-34(29,30)5/h9,24-25,27-31H,6-8,10-23H2,1-5H3/t25-,27+,28+,29-,30+,31+,33+,34-/m1/s1. The number of hydrogen-bond acceptors (Lipinski definition) is 4. The number of esters is 1. The predicted octanol–water partition coefficient (Wildman–Crippen LogP) is 7.66. The summed E-state index contributed by atoms with van der Waals surface area (Å²) >= 11 is 0. The first-order valence-corrected chi connectivity index (χ1v) is 16.4. The van der Waals surface area contributed by atoms with Crippen LogP contribution >= 0.6 is 0 Å². The van der Waals surface area contributed by atoms with Gasteiger partial charge in [-0.25, -0.2) is 0 Å². The third kappa shape index (κ3) is 5.78. The molecule has 0 radical (unpaired) electrons. The van der Waals surface area contributed by atoms with Gasteiger partial charge in [-0.15, -0.1) is 0 Å². The van der Waals surface area contributed by atoms with Gasteiger partial charge in [0.2, 0.25) is 0 Å². The summed E-state index contributed by atoms with van der Waals surface area (Å²) in [6.07, 6.45) is 17.7. The number of rotatable bonds is 9. The number of morpholine rings is 1. The van der Waals surface area contributed by atoms with Crippen LogP contribution in [0.4, 0.5) is 0 Å². The van der Waals surface area contributed by atoms with E-state index in [9.17, 15) is 4.79 Å². The first-order valence-electron chi connectivity index (χ1n) is 16.4. The second-order valence-electron chi connectivity index (χ2n) is 14.8. The zero-order chi connectivity index (χ0) is 26.9. The maximum absolute atomic E-state index is 12.7. The molecule has 38 heavy (non-hydrogen) atoms. The first kappa shape index (κ1) is 28.7. The predicted molar refractivity (Wildman–Crippen MR) is 155 cm³/mol. The molecule has 5 rings (SSSR count). The summed E-state index contributed by atoms with van der Waals surface area (Å²) in [6, 6.07) is 0. The monoisotopic (exact) mass is 527 g/mol. The van der Waals surface area contributed by atoms with E-state index in [0.29, 0.717) is 17.3 Å². The minimum atomic E-state index is -0.00711. The van der Waals surface area contributed by atoms with Gasteiger partial charge in [-0.2, -0.15) is 0 Å². The zero-order valence-electron chi connectivity index (χ0n) is 25.3. The lowest BCUT2D eigenvalue weighted by Crippen LogP contribution is -2.51. The third-order valence-corrected chi connectivity index (χ3v) is 12.3. The van der Waals surface area contributed by atoms with Gasteiger partial charge in [-0.1, -0.05) is 65.5 Å². The molecule has 0 bridgehead atoms. The molecule has 5 aliphatic rings. The van der Waals surface area contributed by atoms with Crippen LogP contribution < -0.4 is 0 Å². The Labute approximate surface area is 233 Å². The smallest absolute Gasteiger partial charge is 0.307 e. The molecular weight excluding hydrogens is 470 g/mol. The Morgan fingerprint density at radius 3 is 2.61 bits per heavy atom. The second-order valence-corrected chi connectivity index (χ2v) is 14.8. The van der Waals surface area contributed by atoms with Gasteiger partial charge in [-0.3, -0.25) is 9.69 Å². The van der Waals surface area contributed by atoms with Crippen molar-refractivity contribution in [3.63, 3.8) is 0 Å². The molecule has 3 saturated carbocycles. The van der Waals surface area contributed by atoms with Crippen molar-refractivity contribution in [2.24, 2.45) is 46.3 Å². The Morgan fingerprint density at radius 2 is 1.84 bits per heavy atom. The van der Waals surface area contributed by atoms with Crippen molar-refractivity contribution in [3.8, 4) is 0 Å². The van der Waals surface area contributed by atoms with Gasteiger partial charge < -0.3 is 9.47 Å². The molecule has 216 valence electrons. The van der Waals surface area contributed by atoms with Gasteiger partial charge in [-0.05, 0) is 91.3 Å². The lowest BCUT2D eigenvalue weighted by atomic mass is 9.47. The van der Waals surface area contributed by atoms with E-state index in [1.165, 1.54) is 57.8 Å². The molecule has 1 heterocycles. The topological polar surface area (TPSA) is 38.8 Å². The van der Waals surface area contributed by atoms with Crippen LogP contribution in [0.2, 0.25) is 0 Å². The number of hydrogen-bond donors (Lipinski definition) is 0. The summed E-state index contributed by atoms with van der Waals surface area (Å²) in [7, 11) is 0. The highest BCUT2D eigenvalue weighted by atomic mass is 16.5. The molecule has 1 aliphatic heterocycles. The molecule has 0 spiro atoms. The number of carbonyl (C=O) groups is 1. The molecule has 0 N–H and O–H groups in total. The lowest BCUT2D eigenvalue weighted by molar-refractivity contribution is -0.152. The van der Waals surface area contributed by atoms with Crippen molar-refractivity contribution >= 4 is 5.97 Å². The average molecular weight is 528 g/mol. The zero-order valence-corrected chi connectivity index (χ0v) is 25.3. The Balaban J connectivity index is 1.17. The van der Waals surface area contributed by atoms with E-state index < -0.39 is 0 Å². The van der Waals surface area contributed by atoms with Gasteiger partial charge in [0.25, 0.3) is 0 Å². The van der Waals surface area contributed by atoms with E-state index in [-0.39, 0.29) is 12.1 Å². The SMILES string of the molecule is CC(C)CCC[C@@H](C)[C@H]1CC[C@H]2[C@@H]3CC=C4C[C@@H](OC(=O)CCN5CCOCC5)CC[C@]4(C)[C@H]3CC[C@]12C. The van der Waals surface area contributed by atoms with Crippen LogP contribution in [0, 0.1) is 46.3 Å². The Bertz CT molecular complexity index is 847. The van der Waals surface area contributed by atoms with Crippen LogP contribution in [-0.4, -0.2) is 49.8 Å². The van der Waals surface area contributed by atoms with Gasteiger partial charge in [0, 0.05) is 26.1 Å². The van der Waals surface area contributed by atoms with Gasteiger partial charge in [0.1, 0.15) is 6.10 Å². The summed E-state index contributed by atoms with van der Waals surface area (Å²) in [5.74, 6) is 5.22. The minimum absolute atomic E-state index is 0.00711. The van der Waals surface area contributed by atoms with Crippen molar-refractivity contribution in [1.82, 2.24) is 4.90 Å². The van der Waals surface area contributed by atoms with Gasteiger partial charge in [0.15, 0.2) is 0 Å². The van der Waals surface area contributed by atoms with Crippen LogP contribution in [0.5, 0.6) is 0 Å². The quantitative estimate of drug-likeness (QED) is 0.228. The van der Waals surface area contributed by atoms with Crippen molar-refractivity contribution < 1.29 is 14.3 Å². The van der Waals surface area contributed by atoms with Crippen LogP contribution in [0.15, 0.2) is 11.6 Å². The van der Waals surface area contributed by atoms with Crippen LogP contribution in [0.1, 0.15) is 112 Å².